The maximum Gasteiger partial charge on any atom is 0.126 e. The van der Waals surface area contributed by atoms with Gasteiger partial charge in [0.15, 0.2) is 0 Å². The van der Waals surface area contributed by atoms with Crippen molar-refractivity contribution in [2.75, 3.05) is 11.9 Å². The van der Waals surface area contributed by atoms with Gasteiger partial charge in [0.05, 0.1) is 12.9 Å². The van der Waals surface area contributed by atoms with Gasteiger partial charge in [-0.1, -0.05) is 19.1 Å². The van der Waals surface area contributed by atoms with Crippen LogP contribution in [0.4, 0.5) is 10.1 Å². The number of aromatic nitrogens is 2. The van der Waals surface area contributed by atoms with Gasteiger partial charge in [0.1, 0.15) is 18.2 Å². The fraction of sp³-hybridized carbons (Fsp3) is 0.250. The zero-order chi connectivity index (χ0) is 17.5. The Labute approximate surface area is 147 Å². The Balaban J connectivity index is 1.54. The van der Waals surface area contributed by atoms with E-state index in [1.54, 1.807) is 18.6 Å². The van der Waals surface area contributed by atoms with E-state index in [1.165, 1.54) is 6.07 Å². The fourth-order valence-electron chi connectivity index (χ4n) is 2.59. The van der Waals surface area contributed by atoms with Crippen molar-refractivity contribution in [3.05, 3.63) is 78.1 Å². The minimum Gasteiger partial charge on any atom is -0.492 e. The van der Waals surface area contributed by atoms with Gasteiger partial charge in [0.2, 0.25) is 0 Å². The summed E-state index contributed by atoms with van der Waals surface area (Å²) >= 11 is 0. The summed E-state index contributed by atoms with van der Waals surface area (Å²) in [7, 11) is 0. The van der Waals surface area contributed by atoms with Crippen molar-refractivity contribution >= 4 is 5.69 Å². The summed E-state index contributed by atoms with van der Waals surface area (Å²) in [4.78, 5) is 4.01. The molecule has 0 bridgehead atoms. The highest BCUT2D eigenvalue weighted by Gasteiger charge is 2.02. The van der Waals surface area contributed by atoms with Crippen LogP contribution in [-0.4, -0.2) is 16.2 Å². The second-order valence-electron chi connectivity index (χ2n) is 5.81. The molecule has 0 saturated carbocycles. The van der Waals surface area contributed by atoms with Crippen LogP contribution in [0.1, 0.15) is 18.1 Å². The van der Waals surface area contributed by atoms with Crippen LogP contribution in [0, 0.1) is 5.82 Å². The Morgan fingerprint density at radius 2 is 2.12 bits per heavy atom. The van der Waals surface area contributed by atoms with Crippen LogP contribution in [0.3, 0.4) is 0 Å². The molecule has 0 aliphatic heterocycles. The van der Waals surface area contributed by atoms with E-state index in [1.807, 2.05) is 48.0 Å². The van der Waals surface area contributed by atoms with Crippen LogP contribution >= 0.6 is 0 Å². The summed E-state index contributed by atoms with van der Waals surface area (Å²) in [6.07, 6.45) is 6.13. The summed E-state index contributed by atoms with van der Waals surface area (Å²) < 4.78 is 21.3. The topological polar surface area (TPSA) is 39.1 Å². The van der Waals surface area contributed by atoms with Crippen LogP contribution in [0.25, 0.3) is 0 Å². The fourth-order valence-corrected chi connectivity index (χ4v) is 2.59. The summed E-state index contributed by atoms with van der Waals surface area (Å²) in [5.74, 6) is 0.689. The minimum absolute atomic E-state index is 0.152. The predicted octanol–water partition coefficient (Wildman–Crippen LogP) is 4.28. The van der Waals surface area contributed by atoms with Gasteiger partial charge in [0.25, 0.3) is 0 Å². The first-order valence-electron chi connectivity index (χ1n) is 8.44. The van der Waals surface area contributed by atoms with Crippen LogP contribution in [0.5, 0.6) is 5.75 Å². The second-order valence-corrected chi connectivity index (χ2v) is 5.81. The standard InChI is InChI=1S/C20H22FN3O/c1-2-17-13-18(6-7-20(17)21)23-14-16-4-3-5-19(12-16)25-11-10-24-9-8-22-15-24/h3-9,12-13,15,23H,2,10-11,14H2,1H3. The normalized spacial score (nSPS) is 10.6. The molecule has 4 nitrogen and oxygen atoms in total. The van der Waals surface area contributed by atoms with Crippen molar-refractivity contribution in [1.82, 2.24) is 9.55 Å². The number of halogens is 1. The SMILES string of the molecule is CCc1cc(NCc2cccc(OCCn3ccnc3)c2)ccc1F. The first-order chi connectivity index (χ1) is 12.2. The Hall–Kier alpha value is -2.82. The molecule has 0 spiro atoms. The summed E-state index contributed by atoms with van der Waals surface area (Å²) in [5, 5.41) is 3.33. The molecule has 130 valence electrons. The molecule has 5 heteroatoms. The van der Waals surface area contributed by atoms with Crippen molar-refractivity contribution < 1.29 is 9.13 Å². The lowest BCUT2D eigenvalue weighted by Gasteiger charge is -2.11. The van der Waals surface area contributed by atoms with Crippen LogP contribution in [0.15, 0.2) is 61.2 Å². The molecule has 0 saturated heterocycles. The molecule has 1 aromatic heterocycles. The Morgan fingerprint density at radius 1 is 1.20 bits per heavy atom. The third kappa shape index (κ3) is 4.83. The summed E-state index contributed by atoms with van der Waals surface area (Å²) in [6.45, 7) is 3.96. The zero-order valence-corrected chi connectivity index (χ0v) is 14.3. The van der Waals surface area contributed by atoms with E-state index in [9.17, 15) is 4.39 Å². The van der Waals surface area contributed by atoms with E-state index < -0.39 is 0 Å². The van der Waals surface area contributed by atoms with Crippen molar-refractivity contribution in [2.45, 2.75) is 26.4 Å². The molecule has 2 aromatic carbocycles. The van der Waals surface area contributed by atoms with Gasteiger partial charge in [-0.3, -0.25) is 0 Å². The molecule has 3 rings (SSSR count). The van der Waals surface area contributed by atoms with Gasteiger partial charge in [-0.25, -0.2) is 9.37 Å². The van der Waals surface area contributed by atoms with Crippen molar-refractivity contribution in [3.8, 4) is 5.75 Å². The number of hydrogen-bond acceptors (Lipinski definition) is 3. The number of anilines is 1. The number of hydrogen-bond donors (Lipinski definition) is 1. The second kappa shape index (κ2) is 8.33. The first-order valence-corrected chi connectivity index (χ1v) is 8.44. The molecular formula is C20H22FN3O. The highest BCUT2D eigenvalue weighted by molar-refractivity contribution is 5.47. The maximum atomic E-state index is 13.6. The monoisotopic (exact) mass is 339 g/mol. The van der Waals surface area contributed by atoms with Crippen molar-refractivity contribution in [3.63, 3.8) is 0 Å². The first kappa shape index (κ1) is 17.0. The van der Waals surface area contributed by atoms with E-state index in [2.05, 4.69) is 10.3 Å². The average molecular weight is 339 g/mol. The lowest BCUT2D eigenvalue weighted by Crippen LogP contribution is -2.07. The lowest BCUT2D eigenvalue weighted by atomic mass is 10.1. The highest BCUT2D eigenvalue weighted by Crippen LogP contribution is 2.18. The Morgan fingerprint density at radius 3 is 2.92 bits per heavy atom. The number of ether oxygens (including phenoxy) is 1. The molecule has 0 aliphatic rings. The van der Waals surface area contributed by atoms with E-state index in [0.717, 1.165) is 29.1 Å². The number of aryl methyl sites for hydroxylation is 1. The molecule has 25 heavy (non-hydrogen) atoms. The van der Waals surface area contributed by atoms with Crippen LogP contribution in [-0.2, 0) is 19.5 Å². The number of benzene rings is 2. The number of imidazole rings is 1. The van der Waals surface area contributed by atoms with Crippen molar-refractivity contribution in [1.29, 1.82) is 0 Å². The van der Waals surface area contributed by atoms with Crippen LogP contribution in [0.2, 0.25) is 0 Å². The number of rotatable bonds is 8. The molecule has 0 fully saturated rings. The lowest BCUT2D eigenvalue weighted by molar-refractivity contribution is 0.298. The predicted molar refractivity (Wildman–Crippen MR) is 97.3 cm³/mol. The molecule has 1 N–H and O–H groups in total. The van der Waals surface area contributed by atoms with Gasteiger partial charge in [-0.15, -0.1) is 0 Å². The smallest absolute Gasteiger partial charge is 0.126 e. The van der Waals surface area contributed by atoms with Crippen molar-refractivity contribution in [2.24, 2.45) is 0 Å². The molecule has 3 aromatic rings. The van der Waals surface area contributed by atoms with E-state index in [-0.39, 0.29) is 5.82 Å². The largest absolute Gasteiger partial charge is 0.492 e. The summed E-state index contributed by atoms with van der Waals surface area (Å²) in [6, 6.07) is 13.1. The molecule has 0 amide bonds. The number of nitrogens with one attached hydrogen (secondary N) is 1. The van der Waals surface area contributed by atoms with E-state index >= 15 is 0 Å². The Bertz CT molecular complexity index is 802. The molecular weight excluding hydrogens is 317 g/mol. The Kier molecular flexibility index (Phi) is 5.67. The quantitative estimate of drug-likeness (QED) is 0.666. The van der Waals surface area contributed by atoms with Gasteiger partial charge < -0.3 is 14.6 Å². The maximum absolute atomic E-state index is 13.6. The molecule has 1 heterocycles. The van der Waals surface area contributed by atoms with Gasteiger partial charge >= 0.3 is 0 Å². The third-order valence-electron chi connectivity index (χ3n) is 4.00. The highest BCUT2D eigenvalue weighted by atomic mass is 19.1. The molecule has 0 atom stereocenters. The zero-order valence-electron chi connectivity index (χ0n) is 14.3. The van der Waals surface area contributed by atoms with Crippen LogP contribution < -0.4 is 10.1 Å². The number of nitrogens with zero attached hydrogens (tertiary/aromatic N) is 2. The van der Waals surface area contributed by atoms with Gasteiger partial charge in [-0.05, 0) is 47.9 Å². The molecule has 0 radical (unpaired) electrons. The molecule has 0 unspecified atom stereocenters. The summed E-state index contributed by atoms with van der Waals surface area (Å²) in [5.41, 5.74) is 2.76. The minimum atomic E-state index is -0.152. The van der Waals surface area contributed by atoms with Gasteiger partial charge in [0, 0.05) is 24.6 Å². The van der Waals surface area contributed by atoms with Gasteiger partial charge in [-0.2, -0.15) is 0 Å². The average Bonchev–Trinajstić information content (AvgIpc) is 3.15. The van der Waals surface area contributed by atoms with E-state index in [0.29, 0.717) is 19.6 Å². The van der Waals surface area contributed by atoms with E-state index in [4.69, 9.17) is 4.74 Å². The molecule has 0 aliphatic carbocycles. The third-order valence-corrected chi connectivity index (χ3v) is 4.00.